The van der Waals surface area contributed by atoms with Gasteiger partial charge < -0.3 is 23.7 Å². The van der Waals surface area contributed by atoms with Gasteiger partial charge in [0.05, 0.1) is 6.61 Å². The lowest BCUT2D eigenvalue weighted by atomic mass is 10.4. The van der Waals surface area contributed by atoms with Crippen LogP contribution in [0.4, 0.5) is 0 Å². The van der Waals surface area contributed by atoms with Gasteiger partial charge in [0.25, 0.3) is 0 Å². The summed E-state index contributed by atoms with van der Waals surface area (Å²) >= 11 is 0. The highest BCUT2D eigenvalue weighted by Crippen LogP contribution is 2.32. The second kappa shape index (κ2) is 7.97. The minimum Gasteiger partial charge on any atom is -0.323 e. The van der Waals surface area contributed by atoms with Gasteiger partial charge in [0, 0.05) is 26.9 Å². The second-order valence-electron chi connectivity index (χ2n) is 3.05. The largest absolute Gasteiger partial charge is 0.396 e. The lowest BCUT2D eigenvalue weighted by molar-refractivity contribution is -0.562. The molecule has 6 heteroatoms. The van der Waals surface area contributed by atoms with E-state index in [1.807, 2.05) is 0 Å². The van der Waals surface area contributed by atoms with E-state index < -0.39 is 11.9 Å². The van der Waals surface area contributed by atoms with Gasteiger partial charge in [-0.3, -0.25) is 0 Å². The maximum Gasteiger partial charge on any atom is 0.396 e. The standard InChI is InChI=1S/C11H23O6/c1-6-14-10(12,13-5)11(15-7-2,16-8-3)17-9-4/h6-9H2,1-5H3. The van der Waals surface area contributed by atoms with Gasteiger partial charge in [-0.1, -0.05) is 0 Å². The topological polar surface area (TPSA) is 66.1 Å². The Morgan fingerprint density at radius 3 is 1.35 bits per heavy atom. The van der Waals surface area contributed by atoms with Crippen LogP contribution in [0.5, 0.6) is 0 Å². The van der Waals surface area contributed by atoms with E-state index in [2.05, 4.69) is 0 Å². The first-order valence-electron chi connectivity index (χ1n) is 5.87. The molecule has 0 aliphatic heterocycles. The molecule has 1 atom stereocenters. The van der Waals surface area contributed by atoms with Crippen LogP contribution in [-0.4, -0.2) is 45.5 Å². The molecule has 103 valence electrons. The molecule has 0 saturated heterocycles. The van der Waals surface area contributed by atoms with Crippen LogP contribution < -0.4 is 0 Å². The second-order valence-corrected chi connectivity index (χ2v) is 3.05. The average molecular weight is 251 g/mol. The highest BCUT2D eigenvalue weighted by Gasteiger charge is 2.59. The SMILES string of the molecule is CCOC([O])(OC)C(OCC)(OCC)OCC. The van der Waals surface area contributed by atoms with Crippen LogP contribution in [-0.2, 0) is 28.8 Å². The average Bonchev–Trinajstić information content (AvgIpc) is 2.30. The number of methoxy groups -OCH3 is 1. The fraction of sp³-hybridized carbons (Fsp3) is 1.00. The molecular weight excluding hydrogens is 228 g/mol. The van der Waals surface area contributed by atoms with Gasteiger partial charge in [-0.2, -0.15) is 5.11 Å². The van der Waals surface area contributed by atoms with Gasteiger partial charge in [0.2, 0.25) is 0 Å². The molecule has 0 rings (SSSR count). The van der Waals surface area contributed by atoms with E-state index in [0.29, 0.717) is 0 Å². The van der Waals surface area contributed by atoms with E-state index in [4.69, 9.17) is 23.7 Å². The molecule has 0 aliphatic carbocycles. The summed E-state index contributed by atoms with van der Waals surface area (Å²) in [5.41, 5.74) is 0. The van der Waals surface area contributed by atoms with Crippen LogP contribution in [0.15, 0.2) is 0 Å². The number of rotatable bonds is 10. The summed E-state index contributed by atoms with van der Waals surface area (Å²) in [6, 6.07) is 0. The third-order valence-electron chi connectivity index (χ3n) is 1.98. The van der Waals surface area contributed by atoms with Crippen molar-refractivity contribution in [1.29, 1.82) is 0 Å². The first kappa shape index (κ1) is 16.8. The molecule has 6 nitrogen and oxygen atoms in total. The number of ether oxygens (including phenoxy) is 5. The van der Waals surface area contributed by atoms with Gasteiger partial charge in [0.15, 0.2) is 0 Å². The van der Waals surface area contributed by atoms with E-state index in [0.717, 1.165) is 0 Å². The molecule has 0 aromatic rings. The summed E-state index contributed by atoms with van der Waals surface area (Å²) in [6.07, 6.45) is 0. The van der Waals surface area contributed by atoms with Crippen molar-refractivity contribution in [2.24, 2.45) is 0 Å². The van der Waals surface area contributed by atoms with Gasteiger partial charge in [-0.15, -0.1) is 0 Å². The Balaban J connectivity index is 5.17. The van der Waals surface area contributed by atoms with Crippen molar-refractivity contribution in [3.63, 3.8) is 0 Å². The monoisotopic (exact) mass is 251 g/mol. The van der Waals surface area contributed by atoms with Crippen LogP contribution in [0.2, 0.25) is 0 Å². The molecule has 0 aromatic carbocycles. The molecule has 0 amide bonds. The number of hydrogen-bond acceptors (Lipinski definition) is 5. The van der Waals surface area contributed by atoms with Gasteiger partial charge in [-0.05, 0) is 27.7 Å². The Hall–Kier alpha value is -0.240. The first-order chi connectivity index (χ1) is 8.05. The summed E-state index contributed by atoms with van der Waals surface area (Å²) in [5, 5.41) is 12.4. The van der Waals surface area contributed by atoms with Gasteiger partial charge in [0.1, 0.15) is 0 Å². The van der Waals surface area contributed by atoms with Crippen molar-refractivity contribution in [3.05, 3.63) is 0 Å². The summed E-state index contributed by atoms with van der Waals surface area (Å²) < 4.78 is 25.8. The highest BCUT2D eigenvalue weighted by atomic mass is 17.0. The summed E-state index contributed by atoms with van der Waals surface area (Å²) in [5.74, 6) is -4.25. The van der Waals surface area contributed by atoms with Gasteiger partial charge >= 0.3 is 11.9 Å². The van der Waals surface area contributed by atoms with Crippen LogP contribution in [0.1, 0.15) is 27.7 Å². The Morgan fingerprint density at radius 2 is 1.12 bits per heavy atom. The summed E-state index contributed by atoms with van der Waals surface area (Å²) in [7, 11) is 1.23. The normalized spacial score (nSPS) is 15.9. The van der Waals surface area contributed by atoms with Crippen LogP contribution >= 0.6 is 0 Å². The molecule has 0 aliphatic rings. The molecule has 0 spiro atoms. The molecule has 0 bridgehead atoms. The molecule has 0 N–H and O–H groups in total. The summed E-state index contributed by atoms with van der Waals surface area (Å²) in [4.78, 5) is 0. The molecule has 0 aromatic heterocycles. The Morgan fingerprint density at radius 1 is 0.765 bits per heavy atom. The van der Waals surface area contributed by atoms with Crippen molar-refractivity contribution >= 4 is 0 Å². The fourth-order valence-corrected chi connectivity index (χ4v) is 1.42. The van der Waals surface area contributed by atoms with E-state index >= 15 is 0 Å². The lowest BCUT2D eigenvalue weighted by Gasteiger charge is -2.40. The van der Waals surface area contributed by atoms with Crippen molar-refractivity contribution in [2.45, 2.75) is 39.6 Å². The maximum absolute atomic E-state index is 12.4. The molecule has 0 heterocycles. The van der Waals surface area contributed by atoms with E-state index in [1.54, 1.807) is 27.7 Å². The zero-order chi connectivity index (χ0) is 13.4. The first-order valence-corrected chi connectivity index (χ1v) is 5.87. The number of hydrogen-bond donors (Lipinski definition) is 0. The maximum atomic E-state index is 12.4. The molecule has 1 radical (unpaired) electrons. The molecule has 1 unspecified atom stereocenters. The Labute approximate surface area is 103 Å². The van der Waals surface area contributed by atoms with Gasteiger partial charge in [-0.25, -0.2) is 0 Å². The molecule has 0 saturated carbocycles. The fourth-order valence-electron chi connectivity index (χ4n) is 1.42. The zero-order valence-electron chi connectivity index (χ0n) is 11.3. The third kappa shape index (κ3) is 3.87. The van der Waals surface area contributed by atoms with E-state index in [-0.39, 0.29) is 26.4 Å². The smallest absolute Gasteiger partial charge is 0.323 e. The van der Waals surface area contributed by atoms with E-state index in [1.165, 1.54) is 7.11 Å². The van der Waals surface area contributed by atoms with Crippen molar-refractivity contribution in [2.75, 3.05) is 33.5 Å². The minimum atomic E-state index is -2.36. The van der Waals surface area contributed by atoms with Crippen molar-refractivity contribution < 1.29 is 28.8 Å². The third-order valence-corrected chi connectivity index (χ3v) is 1.98. The quantitative estimate of drug-likeness (QED) is 0.551. The molecule has 0 fully saturated rings. The molecule has 17 heavy (non-hydrogen) atoms. The predicted molar refractivity (Wildman–Crippen MR) is 59.7 cm³/mol. The predicted octanol–water partition coefficient (Wildman–Crippen LogP) is 1.52. The zero-order valence-corrected chi connectivity index (χ0v) is 11.3. The summed E-state index contributed by atoms with van der Waals surface area (Å²) in [6.45, 7) is 7.74. The Kier molecular flexibility index (Phi) is 7.85. The van der Waals surface area contributed by atoms with Crippen molar-refractivity contribution in [1.82, 2.24) is 0 Å². The van der Waals surface area contributed by atoms with E-state index in [9.17, 15) is 5.11 Å². The lowest BCUT2D eigenvalue weighted by Crippen LogP contribution is -2.61. The Bertz CT molecular complexity index is 181. The van der Waals surface area contributed by atoms with Crippen molar-refractivity contribution in [3.8, 4) is 0 Å². The molecular formula is C11H23O6. The highest BCUT2D eigenvalue weighted by molar-refractivity contribution is 4.71. The van der Waals surface area contributed by atoms with Crippen LogP contribution in [0.3, 0.4) is 0 Å². The van der Waals surface area contributed by atoms with Crippen LogP contribution in [0.25, 0.3) is 0 Å². The minimum absolute atomic E-state index is 0.159. The van der Waals surface area contributed by atoms with Crippen LogP contribution in [0, 0.1) is 0 Å².